The Kier molecular flexibility index (Phi) is 4.40. The number of benzene rings is 1. The highest BCUT2D eigenvalue weighted by Gasteiger charge is 2.22. The molecule has 104 valence electrons. The number of halogens is 1. The molecule has 0 heterocycles. The summed E-state index contributed by atoms with van der Waals surface area (Å²) in [5.41, 5.74) is 5.75. The predicted molar refractivity (Wildman–Crippen MR) is 74.3 cm³/mol. The number of nitrogens with two attached hydrogens (primary N) is 1. The van der Waals surface area contributed by atoms with Crippen LogP contribution in [0.1, 0.15) is 49.4 Å². The second-order valence-corrected chi connectivity index (χ2v) is 5.36. The summed E-state index contributed by atoms with van der Waals surface area (Å²) in [5.74, 6) is -0.305. The molecule has 0 aliphatic heterocycles. The molecule has 1 fully saturated rings. The third kappa shape index (κ3) is 3.25. The van der Waals surface area contributed by atoms with Crippen LogP contribution in [-0.4, -0.2) is 11.9 Å². The fourth-order valence-electron chi connectivity index (χ4n) is 2.77. The molecular formula is C15H21FN2O. The topological polar surface area (TPSA) is 55.1 Å². The average Bonchev–Trinajstić information content (AvgIpc) is 2.42. The third-order valence-electron chi connectivity index (χ3n) is 4.01. The monoisotopic (exact) mass is 264 g/mol. The third-order valence-corrected chi connectivity index (χ3v) is 4.01. The maximum atomic E-state index is 13.3. The van der Waals surface area contributed by atoms with E-state index in [1.165, 1.54) is 31.4 Å². The van der Waals surface area contributed by atoms with Gasteiger partial charge < -0.3 is 11.1 Å². The largest absolute Gasteiger partial charge is 0.396 e. The highest BCUT2D eigenvalue weighted by molar-refractivity contribution is 5.99. The molecule has 0 saturated heterocycles. The highest BCUT2D eigenvalue weighted by Crippen LogP contribution is 2.26. The summed E-state index contributed by atoms with van der Waals surface area (Å²) < 4.78 is 13.3. The molecule has 1 atom stereocenters. The number of amides is 1. The van der Waals surface area contributed by atoms with Crippen molar-refractivity contribution in [1.29, 1.82) is 0 Å². The Morgan fingerprint density at radius 2 is 2.05 bits per heavy atom. The van der Waals surface area contributed by atoms with Crippen molar-refractivity contribution in [2.75, 3.05) is 5.73 Å². The number of nitrogens with one attached hydrogen (secondary N) is 1. The zero-order valence-corrected chi connectivity index (χ0v) is 11.3. The molecule has 1 amide bonds. The van der Waals surface area contributed by atoms with E-state index in [-0.39, 0.29) is 23.2 Å². The van der Waals surface area contributed by atoms with E-state index in [2.05, 4.69) is 5.32 Å². The minimum Gasteiger partial charge on any atom is -0.396 e. The molecule has 3 N–H and O–H groups in total. The molecule has 4 heteroatoms. The van der Waals surface area contributed by atoms with Crippen LogP contribution in [0.5, 0.6) is 0 Å². The Labute approximate surface area is 113 Å². The number of anilines is 1. The molecule has 0 aromatic heterocycles. The van der Waals surface area contributed by atoms with Crippen molar-refractivity contribution in [3.05, 3.63) is 29.6 Å². The molecule has 0 bridgehead atoms. The van der Waals surface area contributed by atoms with Crippen molar-refractivity contribution in [2.45, 2.75) is 45.1 Å². The van der Waals surface area contributed by atoms with Gasteiger partial charge >= 0.3 is 0 Å². The van der Waals surface area contributed by atoms with Gasteiger partial charge in [0.05, 0.1) is 11.3 Å². The lowest BCUT2D eigenvalue weighted by Gasteiger charge is -2.28. The number of hydrogen-bond donors (Lipinski definition) is 2. The first kappa shape index (κ1) is 13.8. The number of carbonyl (C=O) groups excluding carboxylic acids is 1. The van der Waals surface area contributed by atoms with Crippen LogP contribution in [0.2, 0.25) is 0 Å². The van der Waals surface area contributed by atoms with Gasteiger partial charge in [-0.1, -0.05) is 25.3 Å². The van der Waals surface area contributed by atoms with Crippen molar-refractivity contribution in [2.24, 2.45) is 5.92 Å². The summed E-state index contributed by atoms with van der Waals surface area (Å²) in [7, 11) is 0. The van der Waals surface area contributed by atoms with Crippen LogP contribution in [0.15, 0.2) is 18.2 Å². The molecule has 19 heavy (non-hydrogen) atoms. The van der Waals surface area contributed by atoms with E-state index in [4.69, 9.17) is 5.73 Å². The number of carbonyl (C=O) groups is 1. The van der Waals surface area contributed by atoms with Gasteiger partial charge in [0.15, 0.2) is 0 Å². The lowest BCUT2D eigenvalue weighted by atomic mass is 9.84. The molecule has 1 unspecified atom stereocenters. The van der Waals surface area contributed by atoms with Gasteiger partial charge in [-0.15, -0.1) is 0 Å². The maximum Gasteiger partial charge on any atom is 0.253 e. The van der Waals surface area contributed by atoms with Crippen LogP contribution < -0.4 is 11.1 Å². The normalized spacial score (nSPS) is 18.0. The molecule has 1 aromatic rings. The first-order valence-corrected chi connectivity index (χ1v) is 6.94. The van der Waals surface area contributed by atoms with Crippen molar-refractivity contribution in [3.63, 3.8) is 0 Å². The first-order chi connectivity index (χ1) is 9.09. The van der Waals surface area contributed by atoms with E-state index in [0.717, 1.165) is 12.8 Å². The Balaban J connectivity index is 2.02. The van der Waals surface area contributed by atoms with Crippen molar-refractivity contribution in [1.82, 2.24) is 5.32 Å². The molecule has 3 nitrogen and oxygen atoms in total. The summed E-state index contributed by atoms with van der Waals surface area (Å²) in [6.45, 7) is 2.02. The zero-order chi connectivity index (χ0) is 13.8. The molecule has 1 aliphatic carbocycles. The van der Waals surface area contributed by atoms with Gasteiger partial charge in [0.1, 0.15) is 5.82 Å². The van der Waals surface area contributed by atoms with Crippen molar-refractivity contribution >= 4 is 11.6 Å². The Bertz CT molecular complexity index is 455. The van der Waals surface area contributed by atoms with Crippen LogP contribution >= 0.6 is 0 Å². The van der Waals surface area contributed by atoms with Gasteiger partial charge in [-0.3, -0.25) is 4.79 Å². The molecular weight excluding hydrogens is 243 g/mol. The lowest BCUT2D eigenvalue weighted by molar-refractivity contribution is 0.0920. The number of para-hydroxylation sites is 1. The minimum atomic E-state index is -0.544. The fraction of sp³-hybridized carbons (Fsp3) is 0.533. The summed E-state index contributed by atoms with van der Waals surface area (Å²) in [6, 6.07) is 4.43. The van der Waals surface area contributed by atoms with E-state index in [1.807, 2.05) is 6.92 Å². The summed E-state index contributed by atoms with van der Waals surface area (Å²) in [4.78, 5) is 12.1. The van der Waals surface area contributed by atoms with Gasteiger partial charge in [0, 0.05) is 6.04 Å². The Morgan fingerprint density at radius 3 is 2.74 bits per heavy atom. The Morgan fingerprint density at radius 1 is 1.37 bits per heavy atom. The predicted octanol–water partition coefficient (Wildman–Crippen LogP) is 3.11. The highest BCUT2D eigenvalue weighted by atomic mass is 19.1. The fourth-order valence-corrected chi connectivity index (χ4v) is 2.77. The van der Waals surface area contributed by atoms with Crippen LogP contribution in [0.4, 0.5) is 10.1 Å². The van der Waals surface area contributed by atoms with Crippen molar-refractivity contribution < 1.29 is 9.18 Å². The van der Waals surface area contributed by atoms with E-state index in [0.29, 0.717) is 5.92 Å². The van der Waals surface area contributed by atoms with Gasteiger partial charge in [0.25, 0.3) is 5.91 Å². The summed E-state index contributed by atoms with van der Waals surface area (Å²) >= 11 is 0. The second kappa shape index (κ2) is 6.04. The second-order valence-electron chi connectivity index (χ2n) is 5.36. The lowest BCUT2D eigenvalue weighted by Crippen LogP contribution is -2.39. The minimum absolute atomic E-state index is 0.0733. The van der Waals surface area contributed by atoms with E-state index in [9.17, 15) is 9.18 Å². The van der Waals surface area contributed by atoms with Crippen LogP contribution in [0.3, 0.4) is 0 Å². The smallest absolute Gasteiger partial charge is 0.253 e. The van der Waals surface area contributed by atoms with Crippen LogP contribution in [0, 0.1) is 11.7 Å². The molecule has 1 aliphatic rings. The van der Waals surface area contributed by atoms with Gasteiger partial charge in [0.2, 0.25) is 0 Å². The van der Waals surface area contributed by atoms with Gasteiger partial charge in [-0.05, 0) is 37.8 Å². The SMILES string of the molecule is CC(NC(=O)c1cccc(F)c1N)C1CCCCC1. The molecule has 1 aromatic carbocycles. The summed E-state index contributed by atoms with van der Waals surface area (Å²) in [6.07, 6.45) is 6.05. The maximum absolute atomic E-state index is 13.3. The average molecular weight is 264 g/mol. The first-order valence-electron chi connectivity index (χ1n) is 6.94. The van der Waals surface area contributed by atoms with Crippen LogP contribution in [0.25, 0.3) is 0 Å². The molecule has 2 rings (SSSR count). The standard InChI is InChI=1S/C15H21FN2O/c1-10(11-6-3-2-4-7-11)18-15(19)12-8-5-9-13(16)14(12)17/h5,8-11H,2-4,6-7,17H2,1H3,(H,18,19). The molecule has 0 spiro atoms. The van der Waals surface area contributed by atoms with Gasteiger partial charge in [-0.2, -0.15) is 0 Å². The van der Waals surface area contributed by atoms with Crippen LogP contribution in [-0.2, 0) is 0 Å². The Hall–Kier alpha value is -1.58. The quantitative estimate of drug-likeness (QED) is 0.824. The zero-order valence-electron chi connectivity index (χ0n) is 11.3. The molecule has 0 radical (unpaired) electrons. The van der Waals surface area contributed by atoms with Gasteiger partial charge in [-0.25, -0.2) is 4.39 Å². The van der Waals surface area contributed by atoms with E-state index in [1.54, 1.807) is 6.07 Å². The number of nitrogen functional groups attached to an aromatic ring is 1. The van der Waals surface area contributed by atoms with Crippen molar-refractivity contribution in [3.8, 4) is 0 Å². The van der Waals surface area contributed by atoms with E-state index < -0.39 is 5.82 Å². The number of hydrogen-bond acceptors (Lipinski definition) is 2. The molecule has 1 saturated carbocycles. The summed E-state index contributed by atoms with van der Waals surface area (Å²) in [5, 5.41) is 2.95. The number of rotatable bonds is 3. The van der Waals surface area contributed by atoms with E-state index >= 15 is 0 Å².